The predicted octanol–water partition coefficient (Wildman–Crippen LogP) is 5.47. The summed E-state index contributed by atoms with van der Waals surface area (Å²) < 4.78 is 5.42. The molecule has 1 aromatic rings. The second kappa shape index (κ2) is 10.1. The average molecular weight is 473 g/mol. The van der Waals surface area contributed by atoms with Gasteiger partial charge in [0.2, 0.25) is 5.91 Å². The topological polar surface area (TPSA) is 93.7 Å². The van der Waals surface area contributed by atoms with Crippen molar-refractivity contribution < 1.29 is 14.3 Å². The maximum Gasteiger partial charge on any atom is 0.408 e. The molecule has 1 aliphatic heterocycles. The number of hydrogen-bond acceptors (Lipinski definition) is 5. The van der Waals surface area contributed by atoms with Crippen LogP contribution in [0.15, 0.2) is 42.5 Å². The molecular weight excluding hydrogens is 430 g/mol. The summed E-state index contributed by atoms with van der Waals surface area (Å²) in [6.45, 7) is 16.8. The third kappa shape index (κ3) is 7.57. The summed E-state index contributed by atoms with van der Waals surface area (Å²) in [7, 11) is 0. The van der Waals surface area contributed by atoms with Crippen LogP contribution >= 0.6 is 0 Å². The summed E-state index contributed by atoms with van der Waals surface area (Å²) >= 11 is 0. The van der Waals surface area contributed by atoms with Gasteiger partial charge in [0.15, 0.2) is 0 Å². The Bertz CT molecular complexity index is 867. The first-order valence-electron chi connectivity index (χ1n) is 12.0. The lowest BCUT2D eigenvalue weighted by Crippen LogP contribution is -2.62. The summed E-state index contributed by atoms with van der Waals surface area (Å²) in [6.07, 6.45) is 4.28. The van der Waals surface area contributed by atoms with Gasteiger partial charge in [0, 0.05) is 17.1 Å². The maximum absolute atomic E-state index is 13.2. The molecule has 0 aromatic heterocycles. The minimum absolute atomic E-state index is 0.0971. The predicted molar refractivity (Wildman–Crippen MR) is 136 cm³/mol. The molecule has 0 radical (unpaired) electrons. The number of nitrogens with one attached hydrogen (secondary N) is 2. The van der Waals surface area contributed by atoms with Crippen molar-refractivity contribution in [2.45, 2.75) is 104 Å². The number of carbonyl (C=O) groups excluding carboxylic acids is 2. The zero-order valence-electron chi connectivity index (χ0n) is 22.2. The maximum atomic E-state index is 13.2. The molecule has 7 nitrogen and oxygen atoms in total. The van der Waals surface area contributed by atoms with Crippen LogP contribution < -0.4 is 10.6 Å². The Morgan fingerprint density at radius 1 is 1.06 bits per heavy atom. The summed E-state index contributed by atoms with van der Waals surface area (Å²) in [4.78, 5) is 25.7. The molecule has 2 amide bonds. The number of hydroxylamine groups is 2. The highest BCUT2D eigenvalue weighted by atomic mass is 16.6. The van der Waals surface area contributed by atoms with Gasteiger partial charge in [0.25, 0.3) is 0 Å². The van der Waals surface area contributed by atoms with Crippen molar-refractivity contribution in [2.75, 3.05) is 0 Å². The number of amides is 2. The molecule has 0 bridgehead atoms. The van der Waals surface area contributed by atoms with Crippen LogP contribution in [0.3, 0.4) is 0 Å². The van der Waals surface area contributed by atoms with E-state index in [0.717, 1.165) is 10.6 Å². The van der Waals surface area contributed by atoms with Crippen molar-refractivity contribution in [1.82, 2.24) is 15.7 Å². The van der Waals surface area contributed by atoms with Gasteiger partial charge in [-0.1, -0.05) is 42.5 Å². The standard InChI is InChI=1S/C27H42N3O4/c1-24(2,3)34-23(32)29-21(19-13-11-10-12-14-19)15-16-25(4,5)22(31)28-20-17-26(6,7)30(33)27(8,9)18-20/h10-16,20-21H,17-18H2,1-9H3,(H,28,31)(H,29,32)/q-1/b16-15+/t21-/m0/s1. The highest BCUT2D eigenvalue weighted by Crippen LogP contribution is 2.37. The Labute approximate surface area is 204 Å². The molecule has 34 heavy (non-hydrogen) atoms. The van der Waals surface area contributed by atoms with Gasteiger partial charge < -0.3 is 25.6 Å². The van der Waals surface area contributed by atoms with Crippen LogP contribution in [-0.4, -0.2) is 39.8 Å². The monoisotopic (exact) mass is 472 g/mol. The van der Waals surface area contributed by atoms with Crippen LogP contribution in [-0.2, 0) is 9.53 Å². The molecule has 0 aliphatic carbocycles. The van der Waals surface area contributed by atoms with Crippen LogP contribution in [0, 0.1) is 10.6 Å². The summed E-state index contributed by atoms with van der Waals surface area (Å²) in [5.41, 5.74) is -1.68. The summed E-state index contributed by atoms with van der Waals surface area (Å²) in [5.74, 6) is -0.122. The zero-order chi connectivity index (χ0) is 25.9. The number of rotatable bonds is 6. The van der Waals surface area contributed by atoms with E-state index in [-0.39, 0.29) is 11.9 Å². The molecular formula is C27H42N3O4-. The van der Waals surface area contributed by atoms with E-state index in [4.69, 9.17) is 4.74 Å². The lowest BCUT2D eigenvalue weighted by atomic mass is 9.78. The first kappa shape index (κ1) is 27.9. The van der Waals surface area contributed by atoms with Crippen molar-refractivity contribution >= 4 is 12.0 Å². The lowest BCUT2D eigenvalue weighted by molar-refractivity contribution is -0.129. The Kier molecular flexibility index (Phi) is 8.26. The largest absolute Gasteiger partial charge is 0.784 e. The van der Waals surface area contributed by atoms with E-state index in [0.29, 0.717) is 12.8 Å². The van der Waals surface area contributed by atoms with Crippen LogP contribution in [0.25, 0.3) is 0 Å². The van der Waals surface area contributed by atoms with E-state index in [2.05, 4.69) is 10.6 Å². The molecule has 0 spiro atoms. The molecule has 190 valence electrons. The molecule has 1 fully saturated rings. The molecule has 7 heteroatoms. The molecule has 1 heterocycles. The minimum atomic E-state index is -0.828. The first-order chi connectivity index (χ1) is 15.4. The van der Waals surface area contributed by atoms with E-state index >= 15 is 0 Å². The van der Waals surface area contributed by atoms with Crippen LogP contribution in [0.5, 0.6) is 0 Å². The number of alkyl carbamates (subject to hydrolysis) is 1. The van der Waals surface area contributed by atoms with Gasteiger partial charge in [-0.3, -0.25) is 4.79 Å². The molecule has 1 aromatic carbocycles. The minimum Gasteiger partial charge on any atom is -0.784 e. The van der Waals surface area contributed by atoms with Crippen molar-refractivity contribution in [2.24, 2.45) is 5.41 Å². The van der Waals surface area contributed by atoms with E-state index in [1.165, 1.54) is 0 Å². The van der Waals surface area contributed by atoms with Gasteiger partial charge in [-0.15, -0.1) is 0 Å². The summed E-state index contributed by atoms with van der Waals surface area (Å²) in [5, 5.41) is 19.8. The SMILES string of the molecule is CC(C)(C)OC(=O)N[C@@H](/C=C/C(C)(C)C(=O)NC1CC(C)(C)N([O-])C(C)(C)C1)c1ccccc1. The van der Waals surface area contributed by atoms with E-state index in [1.54, 1.807) is 0 Å². The molecule has 2 rings (SSSR count). The van der Waals surface area contributed by atoms with Gasteiger partial charge in [-0.25, -0.2) is 4.79 Å². The molecule has 0 unspecified atom stereocenters. The van der Waals surface area contributed by atoms with Gasteiger partial charge in [0.1, 0.15) is 5.60 Å². The highest BCUT2D eigenvalue weighted by Gasteiger charge is 2.41. The fourth-order valence-corrected chi connectivity index (χ4v) is 4.49. The zero-order valence-corrected chi connectivity index (χ0v) is 22.2. The second-order valence-electron chi connectivity index (χ2n) is 12.1. The fourth-order valence-electron chi connectivity index (χ4n) is 4.49. The third-order valence-electron chi connectivity index (χ3n) is 6.05. The van der Waals surface area contributed by atoms with Crippen LogP contribution in [0.2, 0.25) is 0 Å². The van der Waals surface area contributed by atoms with Gasteiger partial charge in [0.05, 0.1) is 11.5 Å². The van der Waals surface area contributed by atoms with Crippen molar-refractivity contribution in [3.05, 3.63) is 53.3 Å². The van der Waals surface area contributed by atoms with Gasteiger partial charge >= 0.3 is 6.09 Å². The van der Waals surface area contributed by atoms with E-state index < -0.39 is 34.2 Å². The average Bonchev–Trinajstić information content (AvgIpc) is 2.68. The third-order valence-corrected chi connectivity index (χ3v) is 6.05. The number of benzene rings is 1. The Hall–Kier alpha value is -2.38. The number of piperidine rings is 1. The Morgan fingerprint density at radius 3 is 2.09 bits per heavy atom. The Balaban J connectivity index is 2.16. The van der Waals surface area contributed by atoms with E-state index in [1.807, 2.05) is 105 Å². The van der Waals surface area contributed by atoms with Crippen molar-refractivity contribution in [3.8, 4) is 0 Å². The van der Waals surface area contributed by atoms with Crippen molar-refractivity contribution in [1.29, 1.82) is 0 Å². The molecule has 0 saturated carbocycles. The number of ether oxygens (including phenoxy) is 1. The quantitative estimate of drug-likeness (QED) is 0.536. The smallest absolute Gasteiger partial charge is 0.408 e. The molecule has 1 atom stereocenters. The van der Waals surface area contributed by atoms with E-state index in [9.17, 15) is 14.8 Å². The Morgan fingerprint density at radius 2 is 1.59 bits per heavy atom. The number of carbonyl (C=O) groups is 2. The number of hydrogen-bond donors (Lipinski definition) is 2. The number of nitrogens with zero attached hydrogens (tertiary/aromatic N) is 1. The van der Waals surface area contributed by atoms with Gasteiger partial charge in [-0.05, 0) is 80.7 Å². The van der Waals surface area contributed by atoms with Crippen molar-refractivity contribution in [3.63, 3.8) is 0 Å². The fraction of sp³-hybridized carbons (Fsp3) is 0.630. The summed E-state index contributed by atoms with van der Waals surface area (Å²) in [6, 6.07) is 8.99. The lowest BCUT2D eigenvalue weighted by Gasteiger charge is -2.60. The van der Waals surface area contributed by atoms with Crippen LogP contribution in [0.4, 0.5) is 4.79 Å². The normalized spacial score (nSPS) is 20.1. The molecule has 2 N–H and O–H groups in total. The molecule has 1 aliphatic rings. The van der Waals surface area contributed by atoms with Crippen LogP contribution in [0.1, 0.15) is 86.8 Å². The highest BCUT2D eigenvalue weighted by molar-refractivity contribution is 5.84. The van der Waals surface area contributed by atoms with Gasteiger partial charge in [-0.2, -0.15) is 0 Å². The molecule has 1 saturated heterocycles. The second-order valence-corrected chi connectivity index (χ2v) is 12.1. The first-order valence-corrected chi connectivity index (χ1v) is 12.0.